The number of aromatic amines is 1. The van der Waals surface area contributed by atoms with E-state index in [0.29, 0.717) is 11.0 Å². The SMILES string of the molecule is FC(F)(F)c1ncccc1-c1cc(Cl)nc2cn[nH]c12. The summed E-state index contributed by atoms with van der Waals surface area (Å²) in [5.41, 5.74) is -0.00739. The minimum absolute atomic E-state index is 0.0708. The van der Waals surface area contributed by atoms with Crippen LogP contribution >= 0.6 is 11.6 Å². The predicted octanol–water partition coefficient (Wildman–Crippen LogP) is 3.69. The van der Waals surface area contributed by atoms with Gasteiger partial charge in [0.25, 0.3) is 0 Å². The van der Waals surface area contributed by atoms with E-state index < -0.39 is 11.9 Å². The number of hydrogen-bond acceptors (Lipinski definition) is 3. The molecule has 102 valence electrons. The minimum Gasteiger partial charge on any atom is -0.276 e. The van der Waals surface area contributed by atoms with E-state index in [2.05, 4.69) is 20.2 Å². The number of rotatable bonds is 1. The second kappa shape index (κ2) is 4.45. The molecule has 4 nitrogen and oxygen atoms in total. The van der Waals surface area contributed by atoms with Crippen molar-refractivity contribution in [2.45, 2.75) is 6.18 Å². The summed E-state index contributed by atoms with van der Waals surface area (Å²) < 4.78 is 39.1. The van der Waals surface area contributed by atoms with Crippen LogP contribution in [0.4, 0.5) is 13.2 Å². The summed E-state index contributed by atoms with van der Waals surface area (Å²) in [6.07, 6.45) is -2.06. The molecule has 3 aromatic heterocycles. The summed E-state index contributed by atoms with van der Waals surface area (Å²) in [5, 5.41) is 6.49. The molecule has 0 saturated carbocycles. The van der Waals surface area contributed by atoms with Crippen molar-refractivity contribution in [2.75, 3.05) is 0 Å². The van der Waals surface area contributed by atoms with Crippen LogP contribution in [0, 0.1) is 0 Å². The standard InChI is InChI=1S/C12H6ClF3N4/c13-9-4-7(10-8(19-9)5-18-20-10)6-2-1-3-17-11(6)12(14,15)16/h1-5H,(H,18,20). The van der Waals surface area contributed by atoms with Crippen LogP contribution in [0.25, 0.3) is 22.2 Å². The van der Waals surface area contributed by atoms with Crippen molar-refractivity contribution in [1.29, 1.82) is 0 Å². The Balaban J connectivity index is 2.34. The Kier molecular flexibility index (Phi) is 2.86. The lowest BCUT2D eigenvalue weighted by Crippen LogP contribution is -2.09. The summed E-state index contributed by atoms with van der Waals surface area (Å²) in [5.74, 6) is 0. The maximum atomic E-state index is 13.0. The number of nitrogens with one attached hydrogen (secondary N) is 1. The fraction of sp³-hybridized carbons (Fsp3) is 0.0833. The highest BCUT2D eigenvalue weighted by molar-refractivity contribution is 6.30. The van der Waals surface area contributed by atoms with Crippen molar-refractivity contribution in [3.63, 3.8) is 0 Å². The molecule has 20 heavy (non-hydrogen) atoms. The average Bonchev–Trinajstić information content (AvgIpc) is 2.84. The van der Waals surface area contributed by atoms with Gasteiger partial charge < -0.3 is 0 Å². The Bertz CT molecular complexity index is 782. The minimum atomic E-state index is -4.56. The zero-order valence-electron chi connectivity index (χ0n) is 9.74. The molecule has 0 aliphatic heterocycles. The Labute approximate surface area is 115 Å². The van der Waals surface area contributed by atoms with Gasteiger partial charge in [0.05, 0.1) is 11.7 Å². The van der Waals surface area contributed by atoms with E-state index in [1.807, 2.05) is 0 Å². The molecule has 1 N–H and O–H groups in total. The zero-order valence-corrected chi connectivity index (χ0v) is 10.5. The highest BCUT2D eigenvalue weighted by Crippen LogP contribution is 2.37. The largest absolute Gasteiger partial charge is 0.433 e. The number of nitrogens with zero attached hydrogens (tertiary/aromatic N) is 3. The van der Waals surface area contributed by atoms with E-state index in [0.717, 1.165) is 6.20 Å². The molecule has 8 heteroatoms. The number of alkyl halides is 3. The van der Waals surface area contributed by atoms with Gasteiger partial charge in [-0.1, -0.05) is 17.7 Å². The van der Waals surface area contributed by atoms with Crippen LogP contribution in [0.2, 0.25) is 5.15 Å². The van der Waals surface area contributed by atoms with Gasteiger partial charge in [0.2, 0.25) is 0 Å². The molecule has 3 aromatic rings. The fourth-order valence-electron chi connectivity index (χ4n) is 1.96. The molecule has 3 rings (SSSR count). The van der Waals surface area contributed by atoms with E-state index in [4.69, 9.17) is 11.6 Å². The molecule has 0 aromatic carbocycles. The molecule has 0 bridgehead atoms. The maximum Gasteiger partial charge on any atom is 0.433 e. The number of aromatic nitrogens is 4. The lowest BCUT2D eigenvalue weighted by Gasteiger charge is -2.12. The fourth-order valence-corrected chi connectivity index (χ4v) is 2.16. The van der Waals surface area contributed by atoms with Crippen LogP contribution in [0.5, 0.6) is 0 Å². The van der Waals surface area contributed by atoms with Gasteiger partial charge in [-0.2, -0.15) is 18.3 Å². The van der Waals surface area contributed by atoms with Gasteiger partial charge in [0.15, 0.2) is 5.69 Å². The Morgan fingerprint density at radius 2 is 2.00 bits per heavy atom. The van der Waals surface area contributed by atoms with Crippen LogP contribution in [0.1, 0.15) is 5.69 Å². The first-order valence-electron chi connectivity index (χ1n) is 5.49. The predicted molar refractivity (Wildman–Crippen MR) is 67.1 cm³/mol. The second-order valence-electron chi connectivity index (χ2n) is 4.02. The number of H-pyrrole nitrogens is 1. The maximum absolute atomic E-state index is 13.0. The molecule has 0 fully saturated rings. The molecule has 0 unspecified atom stereocenters. The molecule has 0 amide bonds. The first-order valence-corrected chi connectivity index (χ1v) is 5.87. The third-order valence-corrected chi connectivity index (χ3v) is 2.94. The summed E-state index contributed by atoms with van der Waals surface area (Å²) >= 11 is 5.84. The summed E-state index contributed by atoms with van der Waals surface area (Å²) in [6.45, 7) is 0. The number of halogens is 4. The number of fused-ring (bicyclic) bond motifs is 1. The monoisotopic (exact) mass is 298 g/mol. The molecule has 0 spiro atoms. The lowest BCUT2D eigenvalue weighted by molar-refractivity contribution is -0.140. The van der Waals surface area contributed by atoms with Gasteiger partial charge in [-0.25, -0.2) is 4.98 Å². The molecule has 0 aliphatic rings. The third-order valence-electron chi connectivity index (χ3n) is 2.75. The van der Waals surface area contributed by atoms with E-state index in [-0.39, 0.29) is 16.3 Å². The van der Waals surface area contributed by atoms with Crippen LogP contribution in [0.15, 0.2) is 30.6 Å². The topological polar surface area (TPSA) is 54.5 Å². The number of pyridine rings is 2. The van der Waals surface area contributed by atoms with Crippen molar-refractivity contribution >= 4 is 22.6 Å². The highest BCUT2D eigenvalue weighted by atomic mass is 35.5. The molecule has 0 aliphatic carbocycles. The lowest BCUT2D eigenvalue weighted by atomic mass is 10.0. The molecule has 0 atom stereocenters. The van der Waals surface area contributed by atoms with E-state index in [1.54, 1.807) is 0 Å². The summed E-state index contributed by atoms with van der Waals surface area (Å²) in [7, 11) is 0. The third kappa shape index (κ3) is 2.09. The molecule has 3 heterocycles. The normalized spacial score (nSPS) is 12.0. The van der Waals surface area contributed by atoms with Gasteiger partial charge >= 0.3 is 6.18 Å². The quantitative estimate of drug-likeness (QED) is 0.697. The summed E-state index contributed by atoms with van der Waals surface area (Å²) in [6, 6.07) is 4.12. The van der Waals surface area contributed by atoms with E-state index >= 15 is 0 Å². The van der Waals surface area contributed by atoms with Crippen LogP contribution < -0.4 is 0 Å². The second-order valence-corrected chi connectivity index (χ2v) is 4.41. The van der Waals surface area contributed by atoms with Crippen molar-refractivity contribution in [3.05, 3.63) is 41.4 Å². The Morgan fingerprint density at radius 1 is 1.20 bits per heavy atom. The van der Waals surface area contributed by atoms with Gasteiger partial charge in [0, 0.05) is 17.3 Å². The van der Waals surface area contributed by atoms with Crippen molar-refractivity contribution in [2.24, 2.45) is 0 Å². The van der Waals surface area contributed by atoms with Gasteiger partial charge in [-0.15, -0.1) is 0 Å². The van der Waals surface area contributed by atoms with E-state index in [9.17, 15) is 13.2 Å². The van der Waals surface area contributed by atoms with Crippen LogP contribution in [0.3, 0.4) is 0 Å². The zero-order chi connectivity index (χ0) is 14.3. The van der Waals surface area contributed by atoms with Gasteiger partial charge in [0.1, 0.15) is 10.7 Å². The molecular formula is C12H6ClF3N4. The van der Waals surface area contributed by atoms with Gasteiger partial charge in [-0.05, 0) is 12.1 Å². The summed E-state index contributed by atoms with van der Waals surface area (Å²) in [4.78, 5) is 7.41. The van der Waals surface area contributed by atoms with Crippen molar-refractivity contribution < 1.29 is 13.2 Å². The first-order chi connectivity index (χ1) is 9.47. The number of hydrogen-bond donors (Lipinski definition) is 1. The van der Waals surface area contributed by atoms with Crippen molar-refractivity contribution in [1.82, 2.24) is 20.2 Å². The van der Waals surface area contributed by atoms with Crippen LogP contribution in [-0.2, 0) is 6.18 Å². The first kappa shape index (κ1) is 12.9. The average molecular weight is 299 g/mol. The van der Waals surface area contributed by atoms with Gasteiger partial charge in [-0.3, -0.25) is 10.1 Å². The van der Waals surface area contributed by atoms with E-state index in [1.165, 1.54) is 24.4 Å². The Hall–Kier alpha value is -2.15. The van der Waals surface area contributed by atoms with Crippen LogP contribution in [-0.4, -0.2) is 20.2 Å². The van der Waals surface area contributed by atoms with Crippen molar-refractivity contribution in [3.8, 4) is 11.1 Å². The highest BCUT2D eigenvalue weighted by Gasteiger charge is 2.35. The molecule has 0 radical (unpaired) electrons. The molecular weight excluding hydrogens is 293 g/mol. The Morgan fingerprint density at radius 3 is 2.75 bits per heavy atom. The molecule has 0 saturated heterocycles. The smallest absolute Gasteiger partial charge is 0.276 e.